The maximum atomic E-state index is 15.9. The van der Waals surface area contributed by atoms with E-state index >= 15 is 8.78 Å². The van der Waals surface area contributed by atoms with Gasteiger partial charge in [0.05, 0.1) is 35.6 Å². The molecule has 0 bridgehead atoms. The third-order valence-corrected chi connectivity index (χ3v) is 14.5. The average Bonchev–Trinajstić information content (AvgIpc) is 3.43. The van der Waals surface area contributed by atoms with E-state index in [9.17, 15) is 15.0 Å². The van der Waals surface area contributed by atoms with Crippen LogP contribution in [0, 0.1) is 18.2 Å². The van der Waals surface area contributed by atoms with Crippen molar-refractivity contribution in [1.29, 1.82) is 0 Å². The van der Waals surface area contributed by atoms with Crippen molar-refractivity contribution in [2.75, 3.05) is 50.9 Å². The van der Waals surface area contributed by atoms with Crippen LogP contribution in [-0.2, 0) is 22.4 Å². The number of phenols is 1. The highest BCUT2D eigenvalue weighted by molar-refractivity contribution is 5.93. The highest BCUT2D eigenvalue weighted by atomic mass is 19.1. The van der Waals surface area contributed by atoms with Gasteiger partial charge in [-0.1, -0.05) is 18.6 Å². The molecule has 4 heterocycles. The summed E-state index contributed by atoms with van der Waals surface area (Å²) in [7, 11) is 0. The Bertz CT molecular complexity index is 2150. The fourth-order valence-corrected chi connectivity index (χ4v) is 11.3. The van der Waals surface area contributed by atoms with E-state index < -0.39 is 23.1 Å². The number of morpholine rings is 1. The maximum absolute atomic E-state index is 15.9. The second kappa shape index (κ2) is 17.8. The van der Waals surface area contributed by atoms with Gasteiger partial charge in [-0.25, -0.2) is 8.78 Å². The number of nitrogens with one attached hydrogen (secondary N) is 1. The van der Waals surface area contributed by atoms with Gasteiger partial charge in [-0.3, -0.25) is 14.6 Å². The fourth-order valence-electron chi connectivity index (χ4n) is 11.3. The number of hydrogen-bond acceptors (Lipinski definition) is 10. The Morgan fingerprint density at radius 2 is 1.92 bits per heavy atom. The molecule has 0 radical (unpaired) electrons. The van der Waals surface area contributed by atoms with Crippen LogP contribution in [0.4, 0.5) is 14.6 Å². The molecule has 1 amide bonds. The molecule has 3 aliphatic heterocycles. The lowest BCUT2D eigenvalue weighted by atomic mass is 9.78. The summed E-state index contributed by atoms with van der Waals surface area (Å²) in [6.45, 7) is 13.3. The third-order valence-electron chi connectivity index (χ3n) is 14.5. The van der Waals surface area contributed by atoms with Crippen molar-refractivity contribution in [3.8, 4) is 24.1 Å². The van der Waals surface area contributed by atoms with Gasteiger partial charge in [-0.2, -0.15) is 9.97 Å². The molecule has 1 saturated carbocycles. The zero-order valence-electron chi connectivity index (χ0n) is 36.0. The van der Waals surface area contributed by atoms with Crippen molar-refractivity contribution in [2.45, 2.75) is 139 Å². The number of aromatic hydroxyl groups is 1. The number of fused-ring (bicyclic) bond motifs is 2. The molecule has 1 unspecified atom stereocenters. The summed E-state index contributed by atoms with van der Waals surface area (Å²) in [6, 6.07) is 7.18. The number of alkyl halides is 1. The number of amides is 1. The molecule has 328 valence electrons. The SMILES string of the molecule is C#Cc1c(F)ccc2cc(O)cc([C@H]3CCc4c(nc(OC[C@]5(C(C)(C)O)C[C@@H](F)CN5C5CCC(N6CCOC[C@@H]6C)CC5)nc4N4CCCCC(NC(=O)C=C)C4)C3)c12. The molecule has 61 heavy (non-hydrogen) atoms. The number of anilines is 1. The number of hydrogen-bond donors (Lipinski definition) is 3. The molecule has 0 spiro atoms. The first-order chi connectivity index (χ1) is 29.3. The van der Waals surface area contributed by atoms with Crippen LogP contribution in [0.15, 0.2) is 36.9 Å². The number of terminal acetylenes is 1. The van der Waals surface area contributed by atoms with Crippen LogP contribution in [0.2, 0.25) is 0 Å². The van der Waals surface area contributed by atoms with E-state index in [0.29, 0.717) is 55.2 Å². The Morgan fingerprint density at radius 3 is 2.66 bits per heavy atom. The Morgan fingerprint density at radius 1 is 1.13 bits per heavy atom. The topological polar surface area (TPSA) is 124 Å². The van der Waals surface area contributed by atoms with Gasteiger partial charge in [0, 0.05) is 67.7 Å². The number of aliphatic hydroxyl groups is 1. The third kappa shape index (κ3) is 8.70. The van der Waals surface area contributed by atoms with Crippen LogP contribution in [0.3, 0.4) is 0 Å². The van der Waals surface area contributed by atoms with Crippen molar-refractivity contribution in [1.82, 2.24) is 25.1 Å². The van der Waals surface area contributed by atoms with Crippen LogP contribution in [0.1, 0.15) is 107 Å². The summed E-state index contributed by atoms with van der Waals surface area (Å²) >= 11 is 0. The Balaban J connectivity index is 1.13. The Labute approximate surface area is 358 Å². The monoisotopic (exact) mass is 840 g/mol. The maximum Gasteiger partial charge on any atom is 0.318 e. The number of benzene rings is 2. The van der Waals surface area contributed by atoms with E-state index in [-0.39, 0.29) is 60.8 Å². The molecule has 2 aliphatic carbocycles. The average molecular weight is 841 g/mol. The van der Waals surface area contributed by atoms with Crippen molar-refractivity contribution < 1.29 is 33.3 Å². The van der Waals surface area contributed by atoms with Crippen molar-refractivity contribution in [3.05, 3.63) is 65.1 Å². The van der Waals surface area contributed by atoms with Gasteiger partial charge in [-0.05, 0) is 126 Å². The van der Waals surface area contributed by atoms with Gasteiger partial charge in [-0.15, -0.1) is 6.42 Å². The molecular weight excluding hydrogens is 779 g/mol. The minimum atomic E-state index is -1.33. The molecule has 8 rings (SSSR count). The number of phenolic OH excluding ortho intramolecular Hbond substituents is 1. The molecule has 3 aromatic rings. The zero-order valence-corrected chi connectivity index (χ0v) is 36.0. The number of aromatic nitrogens is 2. The van der Waals surface area contributed by atoms with Gasteiger partial charge in [0.15, 0.2) is 0 Å². The van der Waals surface area contributed by atoms with Crippen LogP contribution in [-0.4, -0.2) is 123 Å². The molecule has 4 fully saturated rings. The Kier molecular flexibility index (Phi) is 12.6. The lowest BCUT2D eigenvalue weighted by Crippen LogP contribution is -2.65. The number of carbonyl (C=O) groups is 1. The lowest BCUT2D eigenvalue weighted by Gasteiger charge is -2.51. The van der Waals surface area contributed by atoms with Gasteiger partial charge in [0.2, 0.25) is 5.91 Å². The van der Waals surface area contributed by atoms with Crippen LogP contribution in [0.5, 0.6) is 11.8 Å². The first-order valence-corrected chi connectivity index (χ1v) is 22.4. The summed E-state index contributed by atoms with van der Waals surface area (Å²) in [5.41, 5.74) is 0.289. The summed E-state index contributed by atoms with van der Waals surface area (Å²) in [5, 5.41) is 27.2. The minimum Gasteiger partial charge on any atom is -0.508 e. The number of nitrogens with zero attached hydrogens (tertiary/aromatic N) is 5. The lowest BCUT2D eigenvalue weighted by molar-refractivity contribution is -0.117. The largest absolute Gasteiger partial charge is 0.508 e. The first kappa shape index (κ1) is 43.3. The number of carbonyl (C=O) groups excluding carboxylic acids is 1. The second-order valence-electron chi connectivity index (χ2n) is 18.7. The molecule has 1 aromatic heterocycles. The van der Waals surface area contributed by atoms with E-state index in [1.807, 2.05) is 0 Å². The van der Waals surface area contributed by atoms with Crippen molar-refractivity contribution in [3.63, 3.8) is 0 Å². The summed E-state index contributed by atoms with van der Waals surface area (Å²) in [6.07, 6.45) is 14.3. The zero-order chi connectivity index (χ0) is 43.1. The van der Waals surface area contributed by atoms with E-state index in [0.717, 1.165) is 87.3 Å². The van der Waals surface area contributed by atoms with E-state index in [1.54, 1.807) is 32.0 Å². The molecule has 5 atom stereocenters. The van der Waals surface area contributed by atoms with Crippen molar-refractivity contribution in [2.24, 2.45) is 0 Å². The molecule has 11 nitrogen and oxygen atoms in total. The second-order valence-corrected chi connectivity index (χ2v) is 18.7. The molecule has 13 heteroatoms. The van der Waals surface area contributed by atoms with Gasteiger partial charge in [0.25, 0.3) is 0 Å². The normalized spacial score (nSPS) is 29.1. The summed E-state index contributed by atoms with van der Waals surface area (Å²) < 4.78 is 43.5. The summed E-state index contributed by atoms with van der Waals surface area (Å²) in [5.74, 6) is 2.48. The van der Waals surface area contributed by atoms with E-state index in [2.05, 4.69) is 39.4 Å². The smallest absolute Gasteiger partial charge is 0.318 e. The number of likely N-dealkylation sites (tertiary alicyclic amines) is 1. The van der Waals surface area contributed by atoms with E-state index in [4.69, 9.17) is 25.9 Å². The predicted octanol–water partition coefficient (Wildman–Crippen LogP) is 6.35. The highest BCUT2D eigenvalue weighted by Crippen LogP contribution is 2.46. The summed E-state index contributed by atoms with van der Waals surface area (Å²) in [4.78, 5) is 29.6. The van der Waals surface area contributed by atoms with Gasteiger partial charge < -0.3 is 29.9 Å². The van der Waals surface area contributed by atoms with Gasteiger partial charge >= 0.3 is 6.01 Å². The molecule has 3 saturated heterocycles. The number of ether oxygens (including phenoxy) is 2. The van der Waals surface area contributed by atoms with Gasteiger partial charge in [0.1, 0.15) is 30.2 Å². The highest BCUT2D eigenvalue weighted by Gasteiger charge is 2.58. The predicted molar refractivity (Wildman–Crippen MR) is 232 cm³/mol. The standard InChI is InChI=1S/C48H62F2N6O5/c1-6-38-41(50)18-12-32-22-37(57)24-40(44(32)38)31-11-17-39-42(23-31)52-46(53-45(39)54-19-9-8-10-34(27-54)51-43(58)7-2)61-29-48(47(4,5)59)25-33(49)26-56(48)36-15-13-35(14-16-36)55-20-21-60-28-30(55)3/h1,7,12,18,22,24,30-31,33-36,57,59H,2,8-11,13-17,19-21,23,25-29H2,3-5H3,(H,51,58)/t30-,31-,33+,34?,35?,36?,48-/m0/s1. The van der Waals surface area contributed by atoms with Crippen LogP contribution >= 0.6 is 0 Å². The number of rotatable bonds is 10. The number of halogens is 2. The molecule has 2 aromatic carbocycles. The molecular formula is C48H62F2N6O5. The molecule has 5 aliphatic rings. The fraction of sp³-hybridized carbons (Fsp3) is 0.604. The first-order valence-electron chi connectivity index (χ1n) is 22.4. The molecule has 3 N–H and O–H groups in total. The Hall–Kier alpha value is -4.35. The van der Waals surface area contributed by atoms with Crippen molar-refractivity contribution >= 4 is 22.5 Å². The van der Waals surface area contributed by atoms with Crippen LogP contribution < -0.4 is 15.0 Å². The minimum absolute atomic E-state index is 0.0149. The quantitative estimate of drug-likeness (QED) is 0.157. The van der Waals surface area contributed by atoms with Crippen LogP contribution in [0.25, 0.3) is 10.8 Å². The van der Waals surface area contributed by atoms with E-state index in [1.165, 1.54) is 12.1 Å².